The average molecular weight is 366 g/mol. The molecule has 1 amide bonds. The zero-order chi connectivity index (χ0) is 18.7. The first-order chi connectivity index (χ1) is 13.2. The maximum atomic E-state index is 12.0. The number of para-hydroxylation sites is 1. The number of carbonyl (C=O) groups excluding carboxylic acids is 1. The Bertz CT molecular complexity index is 785. The van der Waals surface area contributed by atoms with E-state index in [2.05, 4.69) is 17.0 Å². The molecule has 0 aliphatic carbocycles. The summed E-state index contributed by atoms with van der Waals surface area (Å²) < 4.78 is 5.95. The summed E-state index contributed by atoms with van der Waals surface area (Å²) in [5, 5.41) is 1.64. The molecule has 2 aliphatic rings. The Labute approximate surface area is 160 Å². The van der Waals surface area contributed by atoms with Gasteiger partial charge in [-0.3, -0.25) is 14.5 Å². The lowest BCUT2D eigenvalue weighted by atomic mass is 9.86. The van der Waals surface area contributed by atoms with Crippen LogP contribution in [0.2, 0.25) is 0 Å². The minimum absolute atomic E-state index is 0.0966. The minimum Gasteiger partial charge on any atom is -0.457 e. The molecular weight excluding hydrogens is 340 g/mol. The van der Waals surface area contributed by atoms with Crippen LogP contribution in [-0.2, 0) is 16.2 Å². The second kappa shape index (κ2) is 7.71. The zero-order valence-electron chi connectivity index (χ0n) is 15.8. The number of amides is 1. The second-order valence-electron chi connectivity index (χ2n) is 7.43. The lowest BCUT2D eigenvalue weighted by Crippen LogP contribution is -2.52. The topological polar surface area (TPSA) is 42.0 Å². The molecule has 2 saturated heterocycles. The molecule has 2 aromatic carbocycles. The van der Waals surface area contributed by atoms with E-state index in [4.69, 9.17) is 9.57 Å². The zero-order valence-corrected chi connectivity index (χ0v) is 15.8. The maximum Gasteiger partial charge on any atom is 0.246 e. The van der Waals surface area contributed by atoms with Crippen LogP contribution in [0.3, 0.4) is 0 Å². The normalized spacial score (nSPS) is 19.6. The molecule has 1 spiro atoms. The fraction of sp³-hybridized carbons (Fsp3) is 0.409. The summed E-state index contributed by atoms with van der Waals surface area (Å²) in [5.41, 5.74) is 1.14. The summed E-state index contributed by atoms with van der Waals surface area (Å²) in [5.74, 6) is 1.83. The summed E-state index contributed by atoms with van der Waals surface area (Å²) in [6.45, 7) is 2.83. The van der Waals surface area contributed by atoms with Gasteiger partial charge >= 0.3 is 0 Å². The fourth-order valence-corrected chi connectivity index (χ4v) is 4.27. The van der Waals surface area contributed by atoms with Gasteiger partial charge in [-0.15, -0.1) is 0 Å². The van der Waals surface area contributed by atoms with Crippen LogP contribution in [0.15, 0.2) is 54.6 Å². The van der Waals surface area contributed by atoms with Gasteiger partial charge in [0.2, 0.25) is 5.91 Å². The van der Waals surface area contributed by atoms with Gasteiger partial charge in [-0.05, 0) is 49.1 Å². The van der Waals surface area contributed by atoms with Crippen molar-refractivity contribution in [2.24, 2.45) is 0 Å². The predicted molar refractivity (Wildman–Crippen MR) is 103 cm³/mol. The van der Waals surface area contributed by atoms with Crippen LogP contribution < -0.4 is 4.74 Å². The third kappa shape index (κ3) is 3.84. The fourth-order valence-electron chi connectivity index (χ4n) is 4.27. The molecule has 0 atom stereocenters. The number of benzene rings is 2. The molecule has 2 aliphatic heterocycles. The van der Waals surface area contributed by atoms with Crippen LogP contribution in [0.25, 0.3) is 0 Å². The predicted octanol–water partition coefficient (Wildman–Crippen LogP) is 4.00. The first-order valence-corrected chi connectivity index (χ1v) is 9.60. The van der Waals surface area contributed by atoms with E-state index in [0.29, 0.717) is 6.42 Å². The number of hydrogen-bond donors (Lipinski definition) is 0. The van der Waals surface area contributed by atoms with E-state index < -0.39 is 0 Å². The molecule has 0 N–H and O–H groups in total. The van der Waals surface area contributed by atoms with E-state index in [1.807, 2.05) is 42.5 Å². The van der Waals surface area contributed by atoms with Gasteiger partial charge in [0.05, 0.1) is 12.6 Å². The minimum atomic E-state index is -0.0966. The van der Waals surface area contributed by atoms with E-state index in [1.54, 1.807) is 12.2 Å². The van der Waals surface area contributed by atoms with E-state index in [0.717, 1.165) is 50.4 Å². The van der Waals surface area contributed by atoms with Crippen LogP contribution in [0.4, 0.5) is 0 Å². The van der Waals surface area contributed by atoms with Crippen molar-refractivity contribution in [2.75, 3.05) is 20.2 Å². The van der Waals surface area contributed by atoms with Crippen molar-refractivity contribution in [1.29, 1.82) is 0 Å². The number of piperidine rings is 1. The summed E-state index contributed by atoms with van der Waals surface area (Å²) in [6, 6.07) is 18.1. The van der Waals surface area contributed by atoms with Crippen molar-refractivity contribution in [3.05, 3.63) is 60.2 Å². The van der Waals surface area contributed by atoms with Crippen molar-refractivity contribution in [3.63, 3.8) is 0 Å². The highest BCUT2D eigenvalue weighted by molar-refractivity contribution is 5.78. The summed E-state index contributed by atoms with van der Waals surface area (Å²) in [7, 11) is 1.61. The van der Waals surface area contributed by atoms with Crippen molar-refractivity contribution in [1.82, 2.24) is 9.96 Å². The molecule has 142 valence electrons. The molecule has 0 bridgehead atoms. The highest BCUT2D eigenvalue weighted by Gasteiger charge is 2.47. The van der Waals surface area contributed by atoms with Crippen LogP contribution in [0.1, 0.15) is 31.2 Å². The first-order valence-electron chi connectivity index (χ1n) is 9.60. The van der Waals surface area contributed by atoms with Crippen molar-refractivity contribution in [2.45, 2.75) is 37.8 Å². The summed E-state index contributed by atoms with van der Waals surface area (Å²) >= 11 is 0. The van der Waals surface area contributed by atoms with E-state index >= 15 is 0 Å². The molecule has 0 radical (unpaired) electrons. The quantitative estimate of drug-likeness (QED) is 0.802. The molecule has 5 nitrogen and oxygen atoms in total. The van der Waals surface area contributed by atoms with Crippen molar-refractivity contribution < 1.29 is 14.4 Å². The number of rotatable bonds is 5. The molecule has 4 rings (SSSR count). The van der Waals surface area contributed by atoms with E-state index in [-0.39, 0.29) is 11.4 Å². The van der Waals surface area contributed by atoms with E-state index in [1.165, 1.54) is 5.56 Å². The first kappa shape index (κ1) is 18.0. The third-order valence-electron chi connectivity index (χ3n) is 5.71. The number of carbonyl (C=O) groups is 1. The Morgan fingerprint density at radius 1 is 0.963 bits per heavy atom. The van der Waals surface area contributed by atoms with Gasteiger partial charge in [-0.2, -0.15) is 0 Å². The van der Waals surface area contributed by atoms with Crippen LogP contribution in [0.5, 0.6) is 11.5 Å². The van der Waals surface area contributed by atoms with Crippen LogP contribution in [-0.4, -0.2) is 41.6 Å². The number of hydroxylamine groups is 2. The van der Waals surface area contributed by atoms with Gasteiger partial charge in [0, 0.05) is 26.1 Å². The Kier molecular flexibility index (Phi) is 5.14. The highest BCUT2D eigenvalue weighted by Crippen LogP contribution is 2.39. The van der Waals surface area contributed by atoms with Gasteiger partial charge in [0.1, 0.15) is 11.5 Å². The Hall–Kier alpha value is -2.37. The second-order valence-corrected chi connectivity index (χ2v) is 7.43. The summed E-state index contributed by atoms with van der Waals surface area (Å²) in [4.78, 5) is 19.9. The molecular formula is C22H26N2O3. The van der Waals surface area contributed by atoms with Gasteiger partial charge in [0.25, 0.3) is 0 Å². The third-order valence-corrected chi connectivity index (χ3v) is 5.71. The molecule has 2 heterocycles. The molecule has 5 heteroatoms. The van der Waals surface area contributed by atoms with E-state index in [9.17, 15) is 4.79 Å². The SMILES string of the molecule is CON1C(=O)CCC12CCN(Cc1cccc(Oc3ccccc3)c1)CC2. The number of likely N-dealkylation sites (tertiary alicyclic amines) is 1. The van der Waals surface area contributed by atoms with Gasteiger partial charge in [-0.1, -0.05) is 30.3 Å². The molecule has 0 aromatic heterocycles. The molecule has 2 fully saturated rings. The highest BCUT2D eigenvalue weighted by atomic mass is 16.7. The molecule has 2 aromatic rings. The smallest absolute Gasteiger partial charge is 0.246 e. The Morgan fingerprint density at radius 3 is 2.44 bits per heavy atom. The molecule has 27 heavy (non-hydrogen) atoms. The lowest BCUT2D eigenvalue weighted by molar-refractivity contribution is -0.202. The van der Waals surface area contributed by atoms with Crippen LogP contribution in [0, 0.1) is 0 Å². The number of ether oxygens (including phenoxy) is 1. The van der Waals surface area contributed by atoms with Gasteiger partial charge < -0.3 is 4.74 Å². The van der Waals surface area contributed by atoms with Gasteiger partial charge in [-0.25, -0.2) is 5.06 Å². The van der Waals surface area contributed by atoms with Crippen molar-refractivity contribution >= 4 is 5.91 Å². The Balaban J connectivity index is 1.37. The van der Waals surface area contributed by atoms with Gasteiger partial charge in [0.15, 0.2) is 0 Å². The number of hydrogen-bond acceptors (Lipinski definition) is 4. The molecule has 0 saturated carbocycles. The largest absolute Gasteiger partial charge is 0.457 e. The molecule has 0 unspecified atom stereocenters. The van der Waals surface area contributed by atoms with Crippen molar-refractivity contribution in [3.8, 4) is 11.5 Å². The lowest BCUT2D eigenvalue weighted by Gasteiger charge is -2.43. The number of nitrogens with zero attached hydrogens (tertiary/aromatic N) is 2. The Morgan fingerprint density at radius 2 is 1.70 bits per heavy atom. The maximum absolute atomic E-state index is 12.0. The standard InChI is InChI=1S/C22H26N2O3/c1-26-24-21(25)10-11-22(24)12-14-23(15-13-22)17-18-6-5-9-20(16-18)27-19-7-3-2-4-8-19/h2-9,16H,10-15,17H2,1H3. The summed E-state index contributed by atoms with van der Waals surface area (Å²) in [6.07, 6.45) is 3.44. The monoisotopic (exact) mass is 366 g/mol. The average Bonchev–Trinajstić information content (AvgIpc) is 3.00. The van der Waals surface area contributed by atoms with Crippen LogP contribution >= 0.6 is 0 Å².